The van der Waals surface area contributed by atoms with Gasteiger partial charge in [0.2, 0.25) is 0 Å². The zero-order valence-corrected chi connectivity index (χ0v) is 17.4. The number of oxime groups is 1. The van der Waals surface area contributed by atoms with E-state index in [0.717, 1.165) is 17.8 Å². The highest BCUT2D eigenvalue weighted by Crippen LogP contribution is 2.43. The Balaban J connectivity index is 1.73. The van der Waals surface area contributed by atoms with Crippen molar-refractivity contribution in [2.75, 3.05) is 23.8 Å². The number of carboxylic acids is 1. The summed E-state index contributed by atoms with van der Waals surface area (Å²) in [5.41, 5.74) is 10.6. The van der Waals surface area contributed by atoms with Gasteiger partial charge in [-0.05, 0) is 18.7 Å². The van der Waals surface area contributed by atoms with Gasteiger partial charge in [0.05, 0.1) is 0 Å². The fourth-order valence-electron chi connectivity index (χ4n) is 2.80. The summed E-state index contributed by atoms with van der Waals surface area (Å²) < 4.78 is 0. The summed E-state index contributed by atoms with van der Waals surface area (Å²) in [6, 6.07) is -0.940. The van der Waals surface area contributed by atoms with Crippen LogP contribution in [0.3, 0.4) is 0 Å². The first-order chi connectivity index (χ1) is 13.9. The van der Waals surface area contributed by atoms with Gasteiger partial charge in [0, 0.05) is 16.0 Å². The number of hydrogen-bond donors (Lipinski definition) is 5. The molecule has 0 bridgehead atoms. The molecule has 1 saturated heterocycles. The highest BCUT2D eigenvalue weighted by molar-refractivity contribution is 8.06. The van der Waals surface area contributed by atoms with E-state index in [4.69, 9.17) is 16.7 Å². The molecular formula is C15H18N6O5S3. The summed E-state index contributed by atoms with van der Waals surface area (Å²) >= 11 is 3.79. The van der Waals surface area contributed by atoms with E-state index in [-0.39, 0.29) is 22.2 Å². The Morgan fingerprint density at radius 3 is 2.83 bits per heavy atom. The third-order valence-corrected chi connectivity index (χ3v) is 7.44. The lowest BCUT2D eigenvalue weighted by Gasteiger charge is -2.49. The molecule has 1 fully saturated rings. The van der Waals surface area contributed by atoms with Crippen molar-refractivity contribution in [1.82, 2.24) is 15.2 Å². The molecule has 2 atom stereocenters. The fraction of sp³-hybridized carbons (Fsp3) is 0.400. The number of thiazole rings is 1. The van der Waals surface area contributed by atoms with E-state index in [1.54, 1.807) is 0 Å². The standard InChI is InChI=1S/C15H18N6O5S3/c16-2-1-3-27-7-5-28-13-9(12(23)21(13)10(7)14(24)25)19-11(22)8(20-26)6-4-29-15(17)18-6/h4,9,13,26H,1-3,5,16H2,(H2,17,18)(H,19,22)(H,24,25)/b20-8+/t9-,13-/m1/s1. The topological polar surface area (TPSA) is 184 Å². The van der Waals surface area contributed by atoms with Crippen molar-refractivity contribution in [2.24, 2.45) is 10.9 Å². The molecule has 11 nitrogen and oxygen atoms in total. The van der Waals surface area contributed by atoms with Crippen molar-refractivity contribution >= 4 is 63.5 Å². The Bertz CT molecular complexity index is 901. The number of nitrogens with one attached hydrogen (secondary N) is 1. The minimum absolute atomic E-state index is 0.0606. The van der Waals surface area contributed by atoms with Gasteiger partial charge in [0.15, 0.2) is 10.8 Å². The second kappa shape index (κ2) is 9.02. The van der Waals surface area contributed by atoms with E-state index in [0.29, 0.717) is 23.0 Å². The molecular weight excluding hydrogens is 440 g/mol. The fourth-order valence-corrected chi connectivity index (χ4v) is 5.96. The molecule has 0 aliphatic carbocycles. The molecule has 2 aliphatic heterocycles. The molecule has 0 spiro atoms. The Morgan fingerprint density at radius 2 is 2.24 bits per heavy atom. The molecule has 1 aromatic rings. The summed E-state index contributed by atoms with van der Waals surface area (Å²) in [5, 5.41) is 25.3. The monoisotopic (exact) mass is 458 g/mol. The highest BCUT2D eigenvalue weighted by Gasteiger charge is 2.54. The summed E-state index contributed by atoms with van der Waals surface area (Å²) in [4.78, 5) is 42.5. The van der Waals surface area contributed by atoms with Crippen LogP contribution >= 0.6 is 34.9 Å². The van der Waals surface area contributed by atoms with E-state index in [2.05, 4.69) is 15.5 Å². The van der Waals surface area contributed by atoms with Crippen LogP contribution in [0.4, 0.5) is 5.13 Å². The summed E-state index contributed by atoms with van der Waals surface area (Å²) in [7, 11) is 0. The van der Waals surface area contributed by atoms with Gasteiger partial charge in [-0.25, -0.2) is 9.78 Å². The van der Waals surface area contributed by atoms with Crippen molar-refractivity contribution in [3.05, 3.63) is 21.7 Å². The maximum Gasteiger partial charge on any atom is 0.353 e. The Hall–Kier alpha value is -2.29. The van der Waals surface area contributed by atoms with Crippen LogP contribution in [0.2, 0.25) is 0 Å². The molecule has 0 aromatic carbocycles. The summed E-state index contributed by atoms with van der Waals surface area (Å²) in [6.45, 7) is 0.495. The Kier molecular flexibility index (Phi) is 6.66. The zero-order chi connectivity index (χ0) is 21.1. The SMILES string of the molecule is NCCCSC1=C(C(=O)O)N2C(=O)[C@@H](NC(=O)/C(=N/O)c3csc(N)n3)[C@H]2SC1. The van der Waals surface area contributed by atoms with E-state index in [9.17, 15) is 19.5 Å². The number of aromatic nitrogens is 1. The van der Waals surface area contributed by atoms with Gasteiger partial charge in [-0.3, -0.25) is 14.5 Å². The number of nitrogens with zero attached hydrogens (tertiary/aromatic N) is 3. The van der Waals surface area contributed by atoms with Crippen LogP contribution in [0.1, 0.15) is 12.1 Å². The van der Waals surface area contributed by atoms with E-state index in [1.807, 2.05) is 0 Å². The number of carbonyl (C=O) groups is 3. The van der Waals surface area contributed by atoms with Crippen molar-refractivity contribution in [1.29, 1.82) is 0 Å². The number of thioether (sulfide) groups is 2. The maximum atomic E-state index is 12.6. The molecule has 14 heteroatoms. The lowest BCUT2D eigenvalue weighted by molar-refractivity contribution is -0.150. The number of fused-ring (bicyclic) bond motifs is 1. The second-order valence-electron chi connectivity index (χ2n) is 5.95. The number of nitrogen functional groups attached to an aromatic ring is 1. The largest absolute Gasteiger partial charge is 0.477 e. The molecule has 3 rings (SSSR count). The molecule has 2 amide bonds. The molecule has 7 N–H and O–H groups in total. The van der Waals surface area contributed by atoms with Gasteiger partial charge >= 0.3 is 5.97 Å². The predicted octanol–water partition coefficient (Wildman–Crippen LogP) is -0.318. The first-order valence-corrected chi connectivity index (χ1v) is 11.3. The van der Waals surface area contributed by atoms with E-state index < -0.39 is 29.2 Å². The van der Waals surface area contributed by atoms with Crippen LogP contribution < -0.4 is 16.8 Å². The Labute approximate surface area is 177 Å². The maximum absolute atomic E-state index is 12.6. The van der Waals surface area contributed by atoms with Gasteiger partial charge in [-0.15, -0.1) is 34.9 Å². The molecule has 0 saturated carbocycles. The minimum atomic E-state index is -1.20. The quantitative estimate of drug-likeness (QED) is 0.114. The third kappa shape index (κ3) is 4.19. The highest BCUT2D eigenvalue weighted by atomic mass is 32.2. The predicted molar refractivity (Wildman–Crippen MR) is 111 cm³/mol. The molecule has 156 valence electrons. The smallest absolute Gasteiger partial charge is 0.353 e. The molecule has 1 aromatic heterocycles. The van der Waals surface area contributed by atoms with Gasteiger partial charge in [-0.1, -0.05) is 5.16 Å². The van der Waals surface area contributed by atoms with Crippen molar-refractivity contribution in [3.63, 3.8) is 0 Å². The van der Waals surface area contributed by atoms with Gasteiger partial charge in [-0.2, -0.15) is 0 Å². The van der Waals surface area contributed by atoms with E-state index in [1.165, 1.54) is 33.8 Å². The number of β-lactam (4-membered cyclic amide) rings is 1. The molecule has 3 heterocycles. The number of carbonyl (C=O) groups excluding carboxylic acids is 2. The molecule has 29 heavy (non-hydrogen) atoms. The average Bonchev–Trinajstić information content (AvgIpc) is 3.12. The van der Waals surface area contributed by atoms with Crippen molar-refractivity contribution in [2.45, 2.75) is 17.8 Å². The number of aliphatic carboxylic acids is 1. The van der Waals surface area contributed by atoms with Crippen molar-refractivity contribution < 1.29 is 24.7 Å². The molecule has 2 aliphatic rings. The number of nitrogens with two attached hydrogens (primary N) is 2. The van der Waals surface area contributed by atoms with Crippen LogP contribution in [0, 0.1) is 0 Å². The van der Waals surface area contributed by atoms with Crippen LogP contribution in [-0.4, -0.2) is 73.2 Å². The van der Waals surface area contributed by atoms with Crippen molar-refractivity contribution in [3.8, 4) is 0 Å². The lowest BCUT2D eigenvalue weighted by Crippen LogP contribution is -2.71. The molecule has 0 unspecified atom stereocenters. The average molecular weight is 459 g/mol. The number of rotatable bonds is 8. The number of carboxylic acid groups (broad SMARTS) is 1. The third-order valence-electron chi connectivity index (χ3n) is 4.13. The van der Waals surface area contributed by atoms with Crippen LogP contribution in [-0.2, 0) is 14.4 Å². The second-order valence-corrected chi connectivity index (χ2v) is 9.13. The van der Waals surface area contributed by atoms with Crippen LogP contribution in [0.15, 0.2) is 21.1 Å². The number of amides is 2. The van der Waals surface area contributed by atoms with Crippen LogP contribution in [0.5, 0.6) is 0 Å². The lowest BCUT2D eigenvalue weighted by atomic mass is 10.0. The van der Waals surface area contributed by atoms with E-state index >= 15 is 0 Å². The minimum Gasteiger partial charge on any atom is -0.477 e. The number of hydrogen-bond acceptors (Lipinski definition) is 11. The molecule has 0 radical (unpaired) electrons. The van der Waals surface area contributed by atoms with Gasteiger partial charge < -0.3 is 27.1 Å². The summed E-state index contributed by atoms with van der Waals surface area (Å²) in [6.07, 6.45) is 0.728. The zero-order valence-electron chi connectivity index (χ0n) is 14.9. The summed E-state index contributed by atoms with van der Waals surface area (Å²) in [5.74, 6) is -1.48. The van der Waals surface area contributed by atoms with Gasteiger partial charge in [0.1, 0.15) is 22.8 Å². The first kappa shape index (κ1) is 21.4. The number of anilines is 1. The van der Waals surface area contributed by atoms with Gasteiger partial charge in [0.25, 0.3) is 11.8 Å². The van der Waals surface area contributed by atoms with Crippen LogP contribution in [0.25, 0.3) is 0 Å². The normalized spacial score (nSPS) is 21.6. The first-order valence-electron chi connectivity index (χ1n) is 8.37. The Morgan fingerprint density at radius 1 is 1.48 bits per heavy atom.